The molecule has 1 aromatic carbocycles. The molecule has 0 spiro atoms. The van der Waals surface area contributed by atoms with Crippen LogP contribution in [-0.2, 0) is 10.9 Å². The first kappa shape index (κ1) is 24.5. The maximum Gasteiger partial charge on any atom is 0.417 e. The Morgan fingerprint density at radius 1 is 1.05 bits per heavy atom. The number of anilines is 2. The van der Waals surface area contributed by atoms with Gasteiger partial charge in [0.2, 0.25) is 0 Å². The highest BCUT2D eigenvalue weighted by atomic mass is 35.5. The third-order valence-corrected chi connectivity index (χ3v) is 5.88. The van der Waals surface area contributed by atoms with Gasteiger partial charge in [0.05, 0.1) is 35.6 Å². The molecule has 1 aliphatic rings. The zero-order valence-electron chi connectivity index (χ0n) is 19.1. The number of morpholine rings is 1. The summed E-state index contributed by atoms with van der Waals surface area (Å²) in [7, 11) is 0. The Labute approximate surface area is 214 Å². The van der Waals surface area contributed by atoms with Gasteiger partial charge in [-0.05, 0) is 42.3 Å². The third kappa shape index (κ3) is 5.50. The van der Waals surface area contributed by atoms with Gasteiger partial charge in [0, 0.05) is 36.7 Å². The molecule has 1 aliphatic heterocycles. The van der Waals surface area contributed by atoms with E-state index in [2.05, 4.69) is 37.1 Å². The van der Waals surface area contributed by atoms with Crippen LogP contribution in [0.25, 0.3) is 5.65 Å². The maximum atomic E-state index is 13.1. The first-order chi connectivity index (χ1) is 17.8. The van der Waals surface area contributed by atoms with Crippen molar-refractivity contribution >= 4 is 34.7 Å². The molecule has 1 fully saturated rings. The molecule has 5 rings (SSSR count). The molecular weight excluding hydrogens is 509 g/mol. The summed E-state index contributed by atoms with van der Waals surface area (Å²) in [6, 6.07) is 8.39. The van der Waals surface area contributed by atoms with Gasteiger partial charge in [-0.3, -0.25) is 9.78 Å². The molecule has 0 atom stereocenters. The lowest BCUT2D eigenvalue weighted by Crippen LogP contribution is -2.37. The van der Waals surface area contributed by atoms with Crippen LogP contribution in [0.1, 0.15) is 27.2 Å². The van der Waals surface area contributed by atoms with Gasteiger partial charge in [-0.25, -0.2) is 9.50 Å². The third-order valence-electron chi connectivity index (χ3n) is 5.55. The molecule has 4 aromatic rings. The number of hydrogen-bond acceptors (Lipinski definition) is 6. The first-order valence-electron chi connectivity index (χ1n) is 11.1. The second kappa shape index (κ2) is 10.1. The fraction of sp³-hybridized carbons (Fsp3) is 0.200. The standard InChI is InChI=1S/C25H18ClF3N6O2/c26-21-4-2-18(12-20(21)25(27,28)29)32-24(36)17-11-16(13-30-14-17)1-3-19-15-31-22-5-6-23(33-35(19)22)34-7-9-37-10-8-34/h2,4-6,11-15H,7-10H2,(H,32,36). The van der Waals surface area contributed by atoms with Crippen LogP contribution in [0.2, 0.25) is 5.02 Å². The normalized spacial score (nSPS) is 13.8. The molecule has 0 aliphatic carbocycles. The predicted octanol–water partition coefficient (Wildman–Crippen LogP) is 4.29. The number of aromatic nitrogens is 4. The fourth-order valence-corrected chi connectivity index (χ4v) is 3.93. The van der Waals surface area contributed by atoms with Crippen molar-refractivity contribution in [3.63, 3.8) is 0 Å². The largest absolute Gasteiger partial charge is 0.417 e. The lowest BCUT2D eigenvalue weighted by molar-refractivity contribution is -0.137. The Morgan fingerprint density at radius 3 is 2.65 bits per heavy atom. The van der Waals surface area contributed by atoms with Crippen LogP contribution >= 0.6 is 11.6 Å². The van der Waals surface area contributed by atoms with E-state index in [0.717, 1.165) is 31.0 Å². The first-order valence-corrected chi connectivity index (χ1v) is 11.5. The van der Waals surface area contributed by atoms with E-state index in [1.807, 2.05) is 12.1 Å². The minimum Gasteiger partial charge on any atom is -0.378 e. The van der Waals surface area contributed by atoms with Crippen LogP contribution in [0.5, 0.6) is 0 Å². The second-order valence-electron chi connectivity index (χ2n) is 8.06. The van der Waals surface area contributed by atoms with Gasteiger partial charge in [-0.1, -0.05) is 17.5 Å². The smallest absolute Gasteiger partial charge is 0.378 e. The summed E-state index contributed by atoms with van der Waals surface area (Å²) in [5.41, 5.74) is 0.643. The summed E-state index contributed by atoms with van der Waals surface area (Å²) < 4.78 is 46.4. The van der Waals surface area contributed by atoms with E-state index < -0.39 is 22.7 Å². The lowest BCUT2D eigenvalue weighted by atomic mass is 10.1. The number of nitrogens with one attached hydrogen (secondary N) is 1. The molecule has 0 bridgehead atoms. The molecule has 1 amide bonds. The number of nitrogens with zero attached hydrogens (tertiary/aromatic N) is 5. The summed E-state index contributed by atoms with van der Waals surface area (Å²) in [5.74, 6) is 6.08. The van der Waals surface area contributed by atoms with E-state index in [-0.39, 0.29) is 11.3 Å². The monoisotopic (exact) mass is 526 g/mol. The molecule has 188 valence electrons. The van der Waals surface area contributed by atoms with Gasteiger partial charge in [0.1, 0.15) is 11.5 Å². The zero-order chi connectivity index (χ0) is 26.0. The summed E-state index contributed by atoms with van der Waals surface area (Å²) >= 11 is 5.64. The number of carbonyl (C=O) groups is 1. The van der Waals surface area contributed by atoms with Crippen molar-refractivity contribution in [3.8, 4) is 11.8 Å². The van der Waals surface area contributed by atoms with Gasteiger partial charge in [0.15, 0.2) is 5.65 Å². The lowest BCUT2D eigenvalue weighted by Gasteiger charge is -2.27. The highest BCUT2D eigenvalue weighted by Crippen LogP contribution is 2.36. The predicted molar refractivity (Wildman–Crippen MR) is 131 cm³/mol. The molecule has 37 heavy (non-hydrogen) atoms. The van der Waals surface area contributed by atoms with Crippen molar-refractivity contribution in [2.75, 3.05) is 36.5 Å². The van der Waals surface area contributed by atoms with E-state index >= 15 is 0 Å². The number of halogens is 4. The minimum absolute atomic E-state index is 0.0499. The Kier molecular flexibility index (Phi) is 6.69. The number of hydrogen-bond donors (Lipinski definition) is 1. The van der Waals surface area contributed by atoms with E-state index in [1.54, 1.807) is 10.7 Å². The number of carbonyl (C=O) groups excluding carboxylic acids is 1. The van der Waals surface area contributed by atoms with Gasteiger partial charge in [-0.2, -0.15) is 13.2 Å². The van der Waals surface area contributed by atoms with E-state index in [9.17, 15) is 18.0 Å². The molecule has 4 heterocycles. The molecule has 8 nitrogen and oxygen atoms in total. The van der Waals surface area contributed by atoms with Crippen LogP contribution in [-0.4, -0.2) is 51.8 Å². The number of fused-ring (bicyclic) bond motifs is 1. The number of ether oxygens (including phenoxy) is 1. The van der Waals surface area contributed by atoms with Crippen molar-refractivity contribution in [2.24, 2.45) is 0 Å². The maximum absolute atomic E-state index is 13.1. The number of rotatable bonds is 3. The summed E-state index contributed by atoms with van der Waals surface area (Å²) in [6.07, 6.45) is -0.277. The highest BCUT2D eigenvalue weighted by molar-refractivity contribution is 6.31. The van der Waals surface area contributed by atoms with Crippen molar-refractivity contribution in [1.29, 1.82) is 0 Å². The van der Waals surface area contributed by atoms with Crippen molar-refractivity contribution < 1.29 is 22.7 Å². The summed E-state index contributed by atoms with van der Waals surface area (Å²) in [5, 5.41) is 6.62. The van der Waals surface area contributed by atoms with Crippen LogP contribution in [0.3, 0.4) is 0 Å². The SMILES string of the molecule is O=C(Nc1ccc(Cl)c(C(F)(F)F)c1)c1cncc(C#Cc2cnc3ccc(N4CCOCC4)nn23)c1. The van der Waals surface area contributed by atoms with Gasteiger partial charge < -0.3 is 15.0 Å². The zero-order valence-corrected chi connectivity index (χ0v) is 19.8. The van der Waals surface area contributed by atoms with Gasteiger partial charge in [-0.15, -0.1) is 5.10 Å². The molecule has 1 saturated heterocycles. The Balaban J connectivity index is 1.36. The minimum atomic E-state index is -4.65. The Bertz CT molecular complexity index is 1540. The van der Waals surface area contributed by atoms with E-state index in [4.69, 9.17) is 16.3 Å². The average molecular weight is 527 g/mol. The topological polar surface area (TPSA) is 84.7 Å². The number of alkyl halides is 3. The number of benzene rings is 1. The van der Waals surface area contributed by atoms with Crippen LogP contribution in [0.15, 0.2) is 55.0 Å². The number of pyridine rings is 1. The second-order valence-corrected chi connectivity index (χ2v) is 8.47. The molecule has 1 N–H and O–H groups in total. The number of imidazole rings is 1. The molecule has 3 aromatic heterocycles. The highest BCUT2D eigenvalue weighted by Gasteiger charge is 2.33. The van der Waals surface area contributed by atoms with E-state index in [1.165, 1.54) is 24.5 Å². The Hall–Kier alpha value is -4.14. The molecule has 0 radical (unpaired) electrons. The summed E-state index contributed by atoms with van der Waals surface area (Å²) in [4.78, 5) is 23.1. The average Bonchev–Trinajstić information content (AvgIpc) is 3.31. The van der Waals surface area contributed by atoms with Crippen molar-refractivity contribution in [3.05, 3.63) is 82.4 Å². The quantitative estimate of drug-likeness (QED) is 0.401. The molecule has 0 unspecified atom stereocenters. The van der Waals surface area contributed by atoms with Gasteiger partial charge >= 0.3 is 6.18 Å². The molecule has 12 heteroatoms. The van der Waals surface area contributed by atoms with Crippen LogP contribution in [0, 0.1) is 11.8 Å². The fourth-order valence-electron chi connectivity index (χ4n) is 3.70. The Morgan fingerprint density at radius 2 is 1.86 bits per heavy atom. The van der Waals surface area contributed by atoms with E-state index in [0.29, 0.717) is 30.1 Å². The molecular formula is C25H18ClF3N6O2. The number of amides is 1. The van der Waals surface area contributed by atoms with Crippen molar-refractivity contribution in [2.45, 2.75) is 6.18 Å². The van der Waals surface area contributed by atoms with Crippen molar-refractivity contribution in [1.82, 2.24) is 19.6 Å². The molecule has 0 saturated carbocycles. The van der Waals surface area contributed by atoms with Gasteiger partial charge in [0.25, 0.3) is 5.91 Å². The van der Waals surface area contributed by atoms with Crippen LogP contribution in [0.4, 0.5) is 24.7 Å². The summed E-state index contributed by atoms with van der Waals surface area (Å²) in [6.45, 7) is 2.74. The van der Waals surface area contributed by atoms with Crippen LogP contribution < -0.4 is 10.2 Å².